The molecule has 0 spiro atoms. The third-order valence-corrected chi connectivity index (χ3v) is 3.13. The fourth-order valence-electron chi connectivity index (χ4n) is 2.08. The van der Waals surface area contributed by atoms with E-state index in [4.69, 9.17) is 0 Å². The predicted octanol–water partition coefficient (Wildman–Crippen LogP) is 2.94. The van der Waals surface area contributed by atoms with Crippen molar-refractivity contribution in [3.8, 4) is 0 Å². The minimum absolute atomic E-state index is 0.111. The maximum atomic E-state index is 12.7. The highest BCUT2D eigenvalue weighted by molar-refractivity contribution is 5.27. The number of nitrogens with zero attached hydrogens (tertiary/aromatic N) is 2. The summed E-state index contributed by atoms with van der Waals surface area (Å²) < 4.78 is 39.7. The number of alkyl halides is 3. The zero-order valence-electron chi connectivity index (χ0n) is 11.3. The Morgan fingerprint density at radius 3 is 2.60 bits per heavy atom. The fourth-order valence-corrected chi connectivity index (χ4v) is 2.08. The van der Waals surface area contributed by atoms with Gasteiger partial charge in [0.1, 0.15) is 0 Å². The van der Waals surface area contributed by atoms with Gasteiger partial charge in [-0.05, 0) is 31.2 Å². The first-order valence-corrected chi connectivity index (χ1v) is 6.23. The number of nitrogens with one attached hydrogen (secondary N) is 1. The Balaban J connectivity index is 2.20. The summed E-state index contributed by atoms with van der Waals surface area (Å²) in [5.74, 6) is 0. The van der Waals surface area contributed by atoms with E-state index in [1.54, 1.807) is 24.8 Å². The van der Waals surface area contributed by atoms with Gasteiger partial charge in [0.25, 0.3) is 0 Å². The molecular formula is C14H16F3N3. The number of rotatable bonds is 4. The first-order valence-electron chi connectivity index (χ1n) is 6.23. The average Bonchev–Trinajstić information content (AvgIpc) is 2.82. The number of halogens is 3. The molecule has 1 unspecified atom stereocenters. The van der Waals surface area contributed by atoms with Crippen molar-refractivity contribution >= 4 is 0 Å². The van der Waals surface area contributed by atoms with Crippen LogP contribution < -0.4 is 5.32 Å². The Morgan fingerprint density at radius 2 is 2.05 bits per heavy atom. The largest absolute Gasteiger partial charge is 0.416 e. The van der Waals surface area contributed by atoms with Crippen LogP contribution >= 0.6 is 0 Å². The molecule has 1 heterocycles. The molecule has 108 valence electrons. The van der Waals surface area contributed by atoms with E-state index < -0.39 is 11.7 Å². The fraction of sp³-hybridized carbons (Fsp3) is 0.357. The molecule has 0 aliphatic carbocycles. The maximum absolute atomic E-state index is 12.7. The second-order valence-corrected chi connectivity index (χ2v) is 4.66. The molecule has 1 aromatic heterocycles. The summed E-state index contributed by atoms with van der Waals surface area (Å²) in [7, 11) is 3.58. The normalized spacial score (nSPS) is 13.4. The van der Waals surface area contributed by atoms with Crippen LogP contribution in [0.2, 0.25) is 0 Å². The molecule has 0 saturated carbocycles. The summed E-state index contributed by atoms with van der Waals surface area (Å²) in [6.45, 7) is 0. The Morgan fingerprint density at radius 1 is 1.30 bits per heavy atom. The van der Waals surface area contributed by atoms with Gasteiger partial charge in [0.05, 0.1) is 17.3 Å². The second-order valence-electron chi connectivity index (χ2n) is 4.66. The number of hydrogen-bond donors (Lipinski definition) is 1. The second kappa shape index (κ2) is 5.66. The van der Waals surface area contributed by atoms with Gasteiger partial charge in [-0.3, -0.25) is 4.68 Å². The van der Waals surface area contributed by atoms with Crippen LogP contribution in [0.4, 0.5) is 13.2 Å². The van der Waals surface area contributed by atoms with Crippen LogP contribution in [0.3, 0.4) is 0 Å². The molecule has 1 aromatic carbocycles. The minimum atomic E-state index is -4.31. The molecule has 0 aliphatic heterocycles. The third-order valence-electron chi connectivity index (χ3n) is 3.13. The van der Waals surface area contributed by atoms with Crippen molar-refractivity contribution in [2.75, 3.05) is 7.05 Å². The predicted molar refractivity (Wildman–Crippen MR) is 70.2 cm³/mol. The molecule has 2 aromatic rings. The van der Waals surface area contributed by atoms with Gasteiger partial charge >= 0.3 is 6.18 Å². The van der Waals surface area contributed by atoms with Gasteiger partial charge in [-0.15, -0.1) is 0 Å². The zero-order valence-corrected chi connectivity index (χ0v) is 11.3. The van der Waals surface area contributed by atoms with E-state index in [9.17, 15) is 13.2 Å². The van der Waals surface area contributed by atoms with E-state index in [0.717, 1.165) is 11.8 Å². The van der Waals surface area contributed by atoms with Crippen LogP contribution in [0.25, 0.3) is 0 Å². The van der Waals surface area contributed by atoms with Crippen molar-refractivity contribution in [1.82, 2.24) is 15.1 Å². The van der Waals surface area contributed by atoms with Crippen LogP contribution in [-0.4, -0.2) is 16.8 Å². The molecule has 0 amide bonds. The number of aromatic nitrogens is 2. The van der Waals surface area contributed by atoms with Gasteiger partial charge in [0, 0.05) is 13.2 Å². The summed E-state index contributed by atoms with van der Waals surface area (Å²) in [6, 6.07) is 7.15. The van der Waals surface area contributed by atoms with E-state index in [1.165, 1.54) is 12.1 Å². The lowest BCUT2D eigenvalue weighted by Gasteiger charge is -2.15. The SMILES string of the molecule is CNC(Cc1cccc(C(F)(F)F)c1)c1ccn(C)n1. The van der Waals surface area contributed by atoms with Crippen LogP contribution in [0.1, 0.15) is 22.9 Å². The van der Waals surface area contributed by atoms with Crippen molar-refractivity contribution < 1.29 is 13.2 Å². The molecule has 20 heavy (non-hydrogen) atoms. The summed E-state index contributed by atoms with van der Waals surface area (Å²) >= 11 is 0. The average molecular weight is 283 g/mol. The summed E-state index contributed by atoms with van der Waals surface area (Å²) in [5, 5.41) is 7.36. The van der Waals surface area contributed by atoms with E-state index in [-0.39, 0.29) is 6.04 Å². The molecule has 0 aliphatic rings. The first-order chi connectivity index (χ1) is 9.40. The van der Waals surface area contributed by atoms with E-state index in [0.29, 0.717) is 12.0 Å². The monoisotopic (exact) mass is 283 g/mol. The standard InChI is InChI=1S/C14H16F3N3/c1-18-13(12-6-7-20(2)19-12)9-10-4-3-5-11(8-10)14(15,16)17/h3-8,13,18H,9H2,1-2H3. The Bertz CT molecular complexity index is 575. The first kappa shape index (κ1) is 14.6. The highest BCUT2D eigenvalue weighted by Gasteiger charge is 2.30. The maximum Gasteiger partial charge on any atom is 0.416 e. The Labute approximate surface area is 115 Å². The van der Waals surface area contributed by atoms with Crippen molar-refractivity contribution in [2.45, 2.75) is 18.6 Å². The molecule has 3 nitrogen and oxygen atoms in total. The van der Waals surface area contributed by atoms with Crippen molar-refractivity contribution in [3.63, 3.8) is 0 Å². The Kier molecular flexibility index (Phi) is 4.13. The number of likely N-dealkylation sites (N-methyl/N-ethyl adjacent to an activating group) is 1. The van der Waals surface area contributed by atoms with Gasteiger partial charge in [-0.25, -0.2) is 0 Å². The minimum Gasteiger partial charge on any atom is -0.311 e. The zero-order chi connectivity index (χ0) is 14.8. The van der Waals surface area contributed by atoms with Gasteiger partial charge in [-0.1, -0.05) is 18.2 Å². The summed E-state index contributed by atoms with van der Waals surface area (Å²) in [4.78, 5) is 0. The van der Waals surface area contributed by atoms with Crippen molar-refractivity contribution in [1.29, 1.82) is 0 Å². The molecular weight excluding hydrogens is 267 g/mol. The van der Waals surface area contributed by atoms with Gasteiger partial charge < -0.3 is 5.32 Å². The van der Waals surface area contributed by atoms with Gasteiger partial charge in [-0.2, -0.15) is 18.3 Å². The van der Waals surface area contributed by atoms with Crippen LogP contribution in [0, 0.1) is 0 Å². The van der Waals surface area contributed by atoms with Crippen molar-refractivity contribution in [2.24, 2.45) is 7.05 Å². The molecule has 0 fully saturated rings. The smallest absolute Gasteiger partial charge is 0.311 e. The molecule has 6 heteroatoms. The van der Waals surface area contributed by atoms with Gasteiger partial charge in [0.15, 0.2) is 0 Å². The summed E-state index contributed by atoms with van der Waals surface area (Å²) in [6.07, 6.45) is -2.04. The third kappa shape index (κ3) is 3.39. The number of aryl methyl sites for hydroxylation is 1. The Hall–Kier alpha value is -1.82. The van der Waals surface area contributed by atoms with Gasteiger partial charge in [0.2, 0.25) is 0 Å². The molecule has 1 N–H and O–H groups in total. The van der Waals surface area contributed by atoms with Crippen molar-refractivity contribution in [3.05, 3.63) is 53.3 Å². The molecule has 2 rings (SSSR count). The van der Waals surface area contributed by atoms with Crippen LogP contribution in [0.15, 0.2) is 36.5 Å². The highest BCUT2D eigenvalue weighted by atomic mass is 19.4. The van der Waals surface area contributed by atoms with E-state index in [2.05, 4.69) is 10.4 Å². The van der Waals surface area contributed by atoms with Crippen LogP contribution in [0.5, 0.6) is 0 Å². The topological polar surface area (TPSA) is 29.9 Å². The quantitative estimate of drug-likeness (QED) is 0.935. The summed E-state index contributed by atoms with van der Waals surface area (Å²) in [5.41, 5.74) is 0.822. The molecule has 0 bridgehead atoms. The molecule has 1 atom stereocenters. The lowest BCUT2D eigenvalue weighted by atomic mass is 10.0. The van der Waals surface area contributed by atoms with E-state index in [1.807, 2.05) is 12.3 Å². The molecule has 0 saturated heterocycles. The number of hydrogen-bond acceptors (Lipinski definition) is 2. The number of benzene rings is 1. The van der Waals surface area contributed by atoms with Crippen LogP contribution in [-0.2, 0) is 19.6 Å². The highest BCUT2D eigenvalue weighted by Crippen LogP contribution is 2.30. The molecule has 0 radical (unpaired) electrons. The van der Waals surface area contributed by atoms with E-state index >= 15 is 0 Å². The lowest BCUT2D eigenvalue weighted by molar-refractivity contribution is -0.137. The lowest BCUT2D eigenvalue weighted by Crippen LogP contribution is -2.20.